The zero-order valence-electron chi connectivity index (χ0n) is 34.2. The molecule has 3 aliphatic heterocycles. The van der Waals surface area contributed by atoms with E-state index < -0.39 is 0 Å². The average molecular weight is 799 g/mol. The van der Waals surface area contributed by atoms with Crippen LogP contribution in [0.5, 0.6) is 0 Å². The number of amides is 4. The number of carbonyl (C=O) groups excluding carboxylic acids is 3. The number of ether oxygens (including phenoxy) is 1. The molecular formula is C50H50N6O4. The topological polar surface area (TPSA) is 90.4 Å². The summed E-state index contributed by atoms with van der Waals surface area (Å²) in [6.45, 7) is 7.12. The van der Waals surface area contributed by atoms with Gasteiger partial charge in [0.15, 0.2) is 0 Å². The average Bonchev–Trinajstić information content (AvgIpc) is 3.59. The lowest BCUT2D eigenvalue weighted by molar-refractivity contribution is 0.0193. The summed E-state index contributed by atoms with van der Waals surface area (Å²) in [5.74, 6) is -0.218. The van der Waals surface area contributed by atoms with Gasteiger partial charge in [0.2, 0.25) is 0 Å². The van der Waals surface area contributed by atoms with Gasteiger partial charge < -0.3 is 24.4 Å². The highest BCUT2D eigenvalue weighted by molar-refractivity contribution is 6.12. The van der Waals surface area contributed by atoms with E-state index in [-0.39, 0.29) is 23.9 Å². The van der Waals surface area contributed by atoms with Gasteiger partial charge in [0.1, 0.15) is 0 Å². The molecule has 4 heterocycles. The fourth-order valence-electron chi connectivity index (χ4n) is 8.95. The van der Waals surface area contributed by atoms with Gasteiger partial charge in [0.25, 0.3) is 11.8 Å². The summed E-state index contributed by atoms with van der Waals surface area (Å²) in [7, 11) is 1.97. The standard InChI is InChI=1S/C50H50N6O4/c1-35-44(49(58)56(41-18-8-4-9-19-41)42-20-10-5-11-21-42)31-47(52(35)2)45-29-37-22-23-54(50(59)51-40-16-6-3-7-17-40)32-39(37)30-46(45)48(57)55-33-38-15-13-12-14-36(38)28-43(55)34-53-24-26-60-27-25-53/h3-21,29-31,43H,22-28,32-34H2,1-2H3,(H,51,59)/t43-/m0/s1. The lowest BCUT2D eigenvalue weighted by Crippen LogP contribution is -2.52. The molecular weight excluding hydrogens is 749 g/mol. The molecule has 0 spiro atoms. The van der Waals surface area contributed by atoms with E-state index in [0.717, 1.165) is 76.8 Å². The summed E-state index contributed by atoms with van der Waals surface area (Å²) in [4.78, 5) is 51.9. The first-order chi connectivity index (χ1) is 29.3. The number of aromatic nitrogens is 1. The Morgan fingerprint density at radius 1 is 0.700 bits per heavy atom. The van der Waals surface area contributed by atoms with Crippen LogP contribution in [0.25, 0.3) is 11.3 Å². The van der Waals surface area contributed by atoms with E-state index in [2.05, 4.69) is 39.4 Å². The molecule has 0 bridgehead atoms. The monoisotopic (exact) mass is 798 g/mol. The fourth-order valence-corrected chi connectivity index (χ4v) is 8.95. The van der Waals surface area contributed by atoms with Crippen molar-refractivity contribution in [3.63, 3.8) is 0 Å². The summed E-state index contributed by atoms with van der Waals surface area (Å²) in [5.41, 5.74) is 10.2. The quantitative estimate of drug-likeness (QED) is 0.167. The Morgan fingerprint density at radius 2 is 1.33 bits per heavy atom. The molecule has 4 amide bonds. The van der Waals surface area contributed by atoms with E-state index in [4.69, 9.17) is 4.74 Å². The number of nitrogens with one attached hydrogen (secondary N) is 1. The highest BCUT2D eigenvalue weighted by Crippen LogP contribution is 2.37. The Bertz CT molecular complexity index is 2480. The highest BCUT2D eigenvalue weighted by atomic mass is 16.5. The number of hydrogen-bond donors (Lipinski definition) is 1. The molecule has 0 saturated carbocycles. The van der Waals surface area contributed by atoms with Crippen molar-refractivity contribution in [1.82, 2.24) is 19.3 Å². The van der Waals surface area contributed by atoms with Crippen LogP contribution in [-0.2, 0) is 37.7 Å². The first kappa shape index (κ1) is 39.0. The zero-order valence-corrected chi connectivity index (χ0v) is 34.2. The van der Waals surface area contributed by atoms with Crippen LogP contribution < -0.4 is 10.2 Å². The molecule has 3 aliphatic rings. The van der Waals surface area contributed by atoms with E-state index >= 15 is 4.79 Å². The second-order valence-corrected chi connectivity index (χ2v) is 16.0. The minimum Gasteiger partial charge on any atom is -0.379 e. The van der Waals surface area contributed by atoms with Gasteiger partial charge in [-0.1, -0.05) is 78.9 Å². The van der Waals surface area contributed by atoms with Crippen LogP contribution >= 0.6 is 0 Å². The third-order valence-corrected chi connectivity index (χ3v) is 12.4. The predicted molar refractivity (Wildman–Crippen MR) is 236 cm³/mol. The summed E-state index contributed by atoms with van der Waals surface area (Å²) >= 11 is 0. The minimum atomic E-state index is -0.176. The van der Waals surface area contributed by atoms with E-state index in [1.165, 1.54) is 5.56 Å². The predicted octanol–water partition coefficient (Wildman–Crippen LogP) is 8.47. The Labute approximate surface area is 351 Å². The van der Waals surface area contributed by atoms with E-state index in [1.807, 2.05) is 133 Å². The second kappa shape index (κ2) is 17.0. The Hall–Kier alpha value is -6.49. The molecule has 10 nitrogen and oxygen atoms in total. The van der Waals surface area contributed by atoms with Gasteiger partial charge in [0, 0.05) is 91.9 Å². The van der Waals surface area contributed by atoms with Gasteiger partial charge in [-0.3, -0.25) is 19.4 Å². The SMILES string of the molecule is Cc1c(C(=O)N(c2ccccc2)c2ccccc2)cc(-c2cc3c(cc2C(=O)N2Cc4ccccc4C[C@H]2CN2CCOCC2)CN(C(=O)Nc2ccccc2)CC3)n1C. The molecule has 6 aromatic rings. The third-order valence-electron chi connectivity index (χ3n) is 12.4. The maximum absolute atomic E-state index is 15.5. The van der Waals surface area contributed by atoms with Crippen LogP contribution in [0.3, 0.4) is 0 Å². The number of benzene rings is 5. The molecule has 9 rings (SSSR count). The number of rotatable bonds is 8. The lowest BCUT2D eigenvalue weighted by atomic mass is 9.89. The van der Waals surface area contributed by atoms with Crippen molar-refractivity contribution in [2.45, 2.75) is 38.9 Å². The lowest BCUT2D eigenvalue weighted by Gasteiger charge is -2.41. The van der Waals surface area contributed by atoms with Gasteiger partial charge in [-0.2, -0.15) is 0 Å². The molecule has 0 aliphatic carbocycles. The van der Waals surface area contributed by atoms with Crippen molar-refractivity contribution in [2.24, 2.45) is 7.05 Å². The van der Waals surface area contributed by atoms with Crippen LogP contribution in [0.4, 0.5) is 21.9 Å². The van der Waals surface area contributed by atoms with E-state index in [0.29, 0.717) is 50.4 Å². The molecule has 1 aromatic heterocycles. The number of anilines is 3. The third kappa shape index (κ3) is 7.84. The summed E-state index contributed by atoms with van der Waals surface area (Å²) in [6, 6.07) is 43.2. The van der Waals surface area contributed by atoms with E-state index in [9.17, 15) is 9.59 Å². The van der Waals surface area contributed by atoms with Gasteiger partial charge in [-0.05, 0) is 96.6 Å². The van der Waals surface area contributed by atoms with Crippen LogP contribution in [-0.4, -0.2) is 82.5 Å². The molecule has 1 saturated heterocycles. The van der Waals surface area contributed by atoms with Crippen molar-refractivity contribution < 1.29 is 19.1 Å². The first-order valence-corrected chi connectivity index (χ1v) is 20.9. The maximum Gasteiger partial charge on any atom is 0.322 e. The van der Waals surface area contributed by atoms with Crippen LogP contribution in [0.1, 0.15) is 48.7 Å². The van der Waals surface area contributed by atoms with Gasteiger partial charge in [0.05, 0.1) is 18.8 Å². The molecule has 304 valence electrons. The zero-order chi connectivity index (χ0) is 41.2. The fraction of sp³-hybridized carbons (Fsp3) is 0.260. The number of hydrogen-bond acceptors (Lipinski definition) is 5. The van der Waals surface area contributed by atoms with Crippen LogP contribution in [0.15, 0.2) is 133 Å². The molecule has 5 aromatic carbocycles. The smallest absolute Gasteiger partial charge is 0.322 e. The Morgan fingerprint density at radius 3 is 2.02 bits per heavy atom. The molecule has 1 atom stereocenters. The summed E-state index contributed by atoms with van der Waals surface area (Å²) in [6.07, 6.45) is 1.38. The minimum absolute atomic E-state index is 0.0554. The molecule has 10 heteroatoms. The Kier molecular flexibility index (Phi) is 11.1. The van der Waals surface area contributed by atoms with Crippen LogP contribution in [0, 0.1) is 6.92 Å². The van der Waals surface area contributed by atoms with Crippen molar-refractivity contribution in [1.29, 1.82) is 0 Å². The second-order valence-electron chi connectivity index (χ2n) is 16.0. The van der Waals surface area contributed by atoms with Gasteiger partial charge >= 0.3 is 6.03 Å². The summed E-state index contributed by atoms with van der Waals surface area (Å²) < 4.78 is 7.73. The number of fused-ring (bicyclic) bond motifs is 2. The van der Waals surface area contributed by atoms with Crippen molar-refractivity contribution in [3.8, 4) is 11.3 Å². The van der Waals surface area contributed by atoms with Gasteiger partial charge in [-0.15, -0.1) is 0 Å². The first-order valence-electron chi connectivity index (χ1n) is 20.9. The molecule has 0 unspecified atom stereocenters. The normalized spacial score (nSPS) is 16.5. The van der Waals surface area contributed by atoms with Crippen molar-refractivity contribution in [3.05, 3.63) is 173 Å². The number of para-hydroxylation sites is 3. The Balaban J connectivity index is 1.13. The molecule has 1 N–H and O–H groups in total. The number of morpholine rings is 1. The van der Waals surface area contributed by atoms with Crippen molar-refractivity contribution in [2.75, 3.05) is 49.6 Å². The van der Waals surface area contributed by atoms with E-state index in [1.54, 1.807) is 4.90 Å². The largest absolute Gasteiger partial charge is 0.379 e. The van der Waals surface area contributed by atoms with Gasteiger partial charge in [-0.25, -0.2) is 4.79 Å². The highest BCUT2D eigenvalue weighted by Gasteiger charge is 2.35. The maximum atomic E-state index is 15.5. The molecule has 0 radical (unpaired) electrons. The number of urea groups is 1. The van der Waals surface area contributed by atoms with Crippen molar-refractivity contribution >= 4 is 34.9 Å². The number of carbonyl (C=O) groups is 3. The molecule has 60 heavy (non-hydrogen) atoms. The molecule has 1 fully saturated rings. The van der Waals surface area contributed by atoms with Crippen LogP contribution in [0.2, 0.25) is 0 Å². The number of nitrogens with zero attached hydrogens (tertiary/aromatic N) is 5. The summed E-state index contributed by atoms with van der Waals surface area (Å²) in [5, 5.41) is 3.04.